The van der Waals surface area contributed by atoms with Crippen LogP contribution in [0, 0.1) is 21.7 Å². The quantitative estimate of drug-likeness (QED) is 0.467. The van der Waals surface area contributed by atoms with Gasteiger partial charge in [0.15, 0.2) is 0 Å². The molecule has 0 aliphatic heterocycles. The van der Waals surface area contributed by atoms with Crippen LogP contribution in [0.3, 0.4) is 0 Å². The van der Waals surface area contributed by atoms with Gasteiger partial charge < -0.3 is 0 Å². The number of rotatable bonds is 0. The van der Waals surface area contributed by atoms with E-state index in [0.29, 0.717) is 0 Å². The molecule has 0 unspecified atom stereocenters. The van der Waals surface area contributed by atoms with Crippen LogP contribution >= 0.6 is 0 Å². The van der Waals surface area contributed by atoms with Crippen molar-refractivity contribution in [1.82, 2.24) is 0 Å². The highest BCUT2D eigenvalue weighted by Crippen LogP contribution is 2.87. The molecule has 6 aliphatic rings. The van der Waals surface area contributed by atoms with Crippen molar-refractivity contribution in [2.45, 2.75) is 96.3 Å². The number of allylic oxidation sites excluding steroid dienone is 2. The van der Waals surface area contributed by atoms with Crippen LogP contribution in [-0.4, -0.2) is 0 Å². The predicted molar refractivity (Wildman–Crippen MR) is 86.0 cm³/mol. The first-order valence-corrected chi connectivity index (χ1v) is 10.0. The SMILES string of the molecule is C1CC2=C(C1)C13CCCC1(CCC3)C13CCCC21CCC3. The molecule has 0 atom stereocenters. The summed E-state index contributed by atoms with van der Waals surface area (Å²) in [4.78, 5) is 0. The van der Waals surface area contributed by atoms with E-state index in [9.17, 15) is 0 Å². The Kier molecular flexibility index (Phi) is 2.01. The summed E-state index contributed by atoms with van der Waals surface area (Å²) in [6.45, 7) is 0. The summed E-state index contributed by atoms with van der Waals surface area (Å²) in [5, 5.41) is 0. The summed E-state index contributed by atoms with van der Waals surface area (Å²) < 4.78 is 0. The molecule has 0 bridgehead atoms. The first-order valence-electron chi connectivity index (χ1n) is 10.0. The molecule has 0 aromatic carbocycles. The third-order valence-corrected chi connectivity index (χ3v) is 9.95. The molecule has 0 heteroatoms. The maximum atomic E-state index is 2.09. The Labute approximate surface area is 129 Å². The van der Waals surface area contributed by atoms with E-state index < -0.39 is 0 Å². The van der Waals surface area contributed by atoms with Gasteiger partial charge in [0.2, 0.25) is 0 Å². The van der Waals surface area contributed by atoms with Gasteiger partial charge in [-0.2, -0.15) is 0 Å². The lowest BCUT2D eigenvalue weighted by Gasteiger charge is -2.63. The van der Waals surface area contributed by atoms with Gasteiger partial charge in [0.1, 0.15) is 0 Å². The molecule has 0 nitrogen and oxygen atoms in total. The van der Waals surface area contributed by atoms with E-state index in [1.807, 2.05) is 0 Å². The molecule has 0 N–H and O–H groups in total. The van der Waals surface area contributed by atoms with Crippen LogP contribution in [0.25, 0.3) is 0 Å². The Balaban J connectivity index is 1.73. The Morgan fingerprint density at radius 1 is 0.429 bits per heavy atom. The summed E-state index contributed by atoms with van der Waals surface area (Å²) in [6, 6.07) is 0. The zero-order chi connectivity index (χ0) is 13.8. The minimum absolute atomic E-state index is 0.733. The molecular formula is C21H30. The molecule has 6 aliphatic carbocycles. The average molecular weight is 282 g/mol. The second-order valence-electron chi connectivity index (χ2n) is 9.55. The van der Waals surface area contributed by atoms with Crippen LogP contribution in [0.2, 0.25) is 0 Å². The van der Waals surface area contributed by atoms with Gasteiger partial charge in [0.25, 0.3) is 0 Å². The molecule has 0 aromatic heterocycles. The van der Waals surface area contributed by atoms with Crippen LogP contribution < -0.4 is 0 Å². The average Bonchev–Trinajstić information content (AvgIpc) is 3.21. The zero-order valence-electron chi connectivity index (χ0n) is 13.6. The van der Waals surface area contributed by atoms with Crippen molar-refractivity contribution in [2.24, 2.45) is 21.7 Å². The van der Waals surface area contributed by atoms with E-state index in [0.717, 1.165) is 21.7 Å². The maximum Gasteiger partial charge on any atom is -0.00232 e. The Hall–Kier alpha value is -0.260. The molecule has 0 heterocycles. The fourth-order valence-corrected chi connectivity index (χ4v) is 10.0. The summed E-state index contributed by atoms with van der Waals surface area (Å²) in [7, 11) is 0. The molecule has 4 saturated carbocycles. The van der Waals surface area contributed by atoms with Crippen molar-refractivity contribution in [3.05, 3.63) is 11.1 Å². The Morgan fingerprint density at radius 2 is 0.810 bits per heavy atom. The standard InChI is InChI=1S/C21H30/c1-6-16-17(7-1)19-10-4-14-21(19,15-5-11-19)20-12-2-8-18(16,20)9-3-13-20/h1-15H2. The van der Waals surface area contributed by atoms with Crippen LogP contribution in [0.1, 0.15) is 96.3 Å². The molecule has 0 aromatic rings. The van der Waals surface area contributed by atoms with Crippen molar-refractivity contribution >= 4 is 0 Å². The number of hydrogen-bond donors (Lipinski definition) is 0. The highest BCUT2D eigenvalue weighted by atomic mass is 14.8. The van der Waals surface area contributed by atoms with Crippen molar-refractivity contribution < 1.29 is 0 Å². The summed E-state index contributed by atoms with van der Waals surface area (Å²) >= 11 is 0. The molecule has 0 amide bonds. The van der Waals surface area contributed by atoms with Gasteiger partial charge in [0.05, 0.1) is 0 Å². The minimum atomic E-state index is 0.733. The van der Waals surface area contributed by atoms with E-state index in [1.165, 1.54) is 19.3 Å². The van der Waals surface area contributed by atoms with Crippen molar-refractivity contribution in [3.8, 4) is 0 Å². The van der Waals surface area contributed by atoms with Gasteiger partial charge in [0, 0.05) is 0 Å². The van der Waals surface area contributed by atoms with E-state index >= 15 is 0 Å². The molecule has 21 heavy (non-hydrogen) atoms. The lowest BCUT2D eigenvalue weighted by Crippen LogP contribution is -2.56. The van der Waals surface area contributed by atoms with Crippen molar-refractivity contribution in [3.63, 3.8) is 0 Å². The fourth-order valence-electron chi connectivity index (χ4n) is 10.0. The first-order chi connectivity index (χ1) is 10.3. The normalized spacial score (nSPS) is 57.1. The molecule has 6 rings (SSSR count). The van der Waals surface area contributed by atoms with Crippen molar-refractivity contribution in [2.75, 3.05) is 0 Å². The smallest absolute Gasteiger partial charge is 0.00232 e. The topological polar surface area (TPSA) is 0 Å². The second kappa shape index (κ2) is 3.46. The minimum Gasteiger partial charge on any atom is -0.0636 e. The van der Waals surface area contributed by atoms with Gasteiger partial charge in [-0.3, -0.25) is 0 Å². The third-order valence-electron chi connectivity index (χ3n) is 9.95. The third kappa shape index (κ3) is 0.953. The molecule has 0 saturated heterocycles. The summed E-state index contributed by atoms with van der Waals surface area (Å²) in [5.74, 6) is 0. The van der Waals surface area contributed by atoms with E-state index in [4.69, 9.17) is 0 Å². The largest absolute Gasteiger partial charge is 0.0636 e. The lowest BCUT2D eigenvalue weighted by atomic mass is 9.40. The summed E-state index contributed by atoms with van der Waals surface area (Å²) in [5.41, 5.74) is 7.23. The molecular weight excluding hydrogens is 252 g/mol. The highest BCUT2D eigenvalue weighted by molar-refractivity contribution is 5.47. The van der Waals surface area contributed by atoms with Crippen LogP contribution in [0.5, 0.6) is 0 Å². The predicted octanol–water partition coefficient (Wildman–Crippen LogP) is 6.16. The van der Waals surface area contributed by atoms with Gasteiger partial charge in [-0.25, -0.2) is 0 Å². The van der Waals surface area contributed by atoms with Gasteiger partial charge in [-0.05, 0) is 92.3 Å². The number of hydrogen-bond acceptors (Lipinski definition) is 0. The van der Waals surface area contributed by atoms with Gasteiger partial charge in [-0.1, -0.05) is 36.8 Å². The molecule has 4 fully saturated rings. The van der Waals surface area contributed by atoms with Crippen molar-refractivity contribution in [1.29, 1.82) is 0 Å². The van der Waals surface area contributed by atoms with Crippen LogP contribution in [0.15, 0.2) is 11.1 Å². The van der Waals surface area contributed by atoms with E-state index in [-0.39, 0.29) is 0 Å². The Morgan fingerprint density at radius 3 is 1.19 bits per heavy atom. The molecule has 114 valence electrons. The highest BCUT2D eigenvalue weighted by Gasteiger charge is 2.78. The lowest BCUT2D eigenvalue weighted by molar-refractivity contribution is -0.0884. The second-order valence-corrected chi connectivity index (χ2v) is 9.55. The monoisotopic (exact) mass is 282 g/mol. The van der Waals surface area contributed by atoms with E-state index in [2.05, 4.69) is 11.1 Å². The first kappa shape index (κ1) is 12.2. The van der Waals surface area contributed by atoms with E-state index in [1.54, 1.807) is 77.0 Å². The summed E-state index contributed by atoms with van der Waals surface area (Å²) in [6.07, 6.45) is 23.6. The molecule has 0 spiro atoms. The van der Waals surface area contributed by atoms with Gasteiger partial charge in [-0.15, -0.1) is 0 Å². The zero-order valence-corrected chi connectivity index (χ0v) is 13.6. The van der Waals surface area contributed by atoms with Crippen LogP contribution in [-0.2, 0) is 0 Å². The fraction of sp³-hybridized carbons (Fsp3) is 0.905. The van der Waals surface area contributed by atoms with Gasteiger partial charge >= 0.3 is 0 Å². The van der Waals surface area contributed by atoms with Crippen LogP contribution in [0.4, 0.5) is 0 Å². The Bertz CT molecular complexity index is 480. The maximum absolute atomic E-state index is 2.09. The molecule has 0 radical (unpaired) electrons.